The predicted octanol–water partition coefficient (Wildman–Crippen LogP) is 1.64. The van der Waals surface area contributed by atoms with Crippen LogP contribution in [-0.2, 0) is 16.0 Å². The Labute approximate surface area is 115 Å². The Balaban J connectivity index is 2.21. The number of hydrazine groups is 1. The van der Waals surface area contributed by atoms with Crippen molar-refractivity contribution in [2.45, 2.75) is 18.6 Å². The van der Waals surface area contributed by atoms with E-state index in [4.69, 9.17) is 5.84 Å². The van der Waals surface area contributed by atoms with Gasteiger partial charge in [-0.25, -0.2) is 8.42 Å². The molecule has 0 radical (unpaired) electrons. The Bertz CT molecular complexity index is 569. The fourth-order valence-electron chi connectivity index (χ4n) is 2.47. The van der Waals surface area contributed by atoms with Gasteiger partial charge in [0.05, 0.1) is 17.1 Å². The third kappa shape index (κ3) is 3.31. The van der Waals surface area contributed by atoms with Gasteiger partial charge in [-0.05, 0) is 30.0 Å². The highest BCUT2D eigenvalue weighted by atomic mass is 32.2. The normalized spacial score (nSPS) is 23.7. The van der Waals surface area contributed by atoms with Gasteiger partial charge in [-0.1, -0.05) is 12.1 Å². The lowest BCUT2D eigenvalue weighted by atomic mass is 9.92. The number of hydrogen-bond donors (Lipinski definition) is 2. The van der Waals surface area contributed by atoms with Crippen molar-refractivity contribution in [1.29, 1.82) is 0 Å². The molecule has 3 N–H and O–H groups in total. The van der Waals surface area contributed by atoms with Crippen molar-refractivity contribution in [1.82, 2.24) is 5.43 Å². The van der Waals surface area contributed by atoms with Crippen molar-refractivity contribution in [2.24, 2.45) is 11.8 Å². The van der Waals surface area contributed by atoms with Crippen molar-refractivity contribution < 1.29 is 21.6 Å². The summed E-state index contributed by atoms with van der Waals surface area (Å²) in [6.45, 7) is 0. The number of benzene rings is 1. The summed E-state index contributed by atoms with van der Waals surface area (Å²) in [6.07, 6.45) is -3.93. The van der Waals surface area contributed by atoms with Crippen molar-refractivity contribution in [3.63, 3.8) is 0 Å². The molecule has 1 aromatic carbocycles. The minimum atomic E-state index is -4.39. The van der Waals surface area contributed by atoms with E-state index in [1.165, 1.54) is 12.1 Å². The zero-order chi connectivity index (χ0) is 15.0. The molecule has 112 valence electrons. The summed E-state index contributed by atoms with van der Waals surface area (Å²) in [5.41, 5.74) is 2.33. The molecule has 1 saturated heterocycles. The topological polar surface area (TPSA) is 72.2 Å². The van der Waals surface area contributed by atoms with Crippen LogP contribution < -0.4 is 11.3 Å². The lowest BCUT2D eigenvalue weighted by molar-refractivity contribution is -0.137. The van der Waals surface area contributed by atoms with E-state index < -0.39 is 27.6 Å². The molecule has 1 heterocycles. The largest absolute Gasteiger partial charge is 0.416 e. The first-order chi connectivity index (χ1) is 9.23. The van der Waals surface area contributed by atoms with Crippen molar-refractivity contribution in [3.8, 4) is 0 Å². The predicted molar refractivity (Wildman–Crippen MR) is 68.3 cm³/mol. The van der Waals surface area contributed by atoms with Crippen LogP contribution in [0.2, 0.25) is 0 Å². The van der Waals surface area contributed by atoms with Crippen LogP contribution in [0.15, 0.2) is 24.3 Å². The molecule has 2 atom stereocenters. The minimum Gasteiger partial charge on any atom is -0.271 e. The zero-order valence-corrected chi connectivity index (χ0v) is 11.3. The molecule has 0 spiro atoms. The number of rotatable bonds is 3. The van der Waals surface area contributed by atoms with Gasteiger partial charge in [-0.15, -0.1) is 0 Å². The van der Waals surface area contributed by atoms with E-state index in [1.807, 2.05) is 0 Å². The van der Waals surface area contributed by atoms with Crippen LogP contribution >= 0.6 is 0 Å². The SMILES string of the molecule is NNC(c1ccc(C(F)(F)F)cc1)C1CCS(=O)(=O)C1. The zero-order valence-electron chi connectivity index (χ0n) is 10.5. The molecule has 0 amide bonds. The molecule has 1 aliphatic heterocycles. The lowest BCUT2D eigenvalue weighted by Crippen LogP contribution is -2.34. The third-order valence-corrected chi connectivity index (χ3v) is 5.31. The maximum Gasteiger partial charge on any atom is 0.416 e. The molecule has 0 aliphatic carbocycles. The van der Waals surface area contributed by atoms with E-state index in [-0.39, 0.29) is 17.4 Å². The fraction of sp³-hybridized carbons (Fsp3) is 0.500. The molecular weight excluding hydrogens is 293 g/mol. The Morgan fingerprint density at radius 1 is 1.25 bits per heavy atom. The van der Waals surface area contributed by atoms with Gasteiger partial charge in [-0.2, -0.15) is 13.2 Å². The number of halogens is 3. The van der Waals surface area contributed by atoms with Gasteiger partial charge in [0, 0.05) is 6.04 Å². The van der Waals surface area contributed by atoms with Crippen LogP contribution in [0.1, 0.15) is 23.6 Å². The molecule has 1 aromatic rings. The second kappa shape index (κ2) is 5.34. The van der Waals surface area contributed by atoms with E-state index in [0.29, 0.717) is 12.0 Å². The quantitative estimate of drug-likeness (QED) is 0.658. The Kier molecular flexibility index (Phi) is 4.08. The van der Waals surface area contributed by atoms with Crippen molar-refractivity contribution in [3.05, 3.63) is 35.4 Å². The van der Waals surface area contributed by atoms with Gasteiger partial charge in [0.15, 0.2) is 9.84 Å². The maximum atomic E-state index is 12.5. The summed E-state index contributed by atoms with van der Waals surface area (Å²) in [4.78, 5) is 0. The van der Waals surface area contributed by atoms with E-state index in [0.717, 1.165) is 12.1 Å². The third-order valence-electron chi connectivity index (χ3n) is 3.52. The highest BCUT2D eigenvalue weighted by molar-refractivity contribution is 7.91. The molecule has 2 unspecified atom stereocenters. The second-order valence-electron chi connectivity index (χ2n) is 4.93. The van der Waals surface area contributed by atoms with Gasteiger partial charge < -0.3 is 0 Å². The smallest absolute Gasteiger partial charge is 0.271 e. The Morgan fingerprint density at radius 3 is 2.25 bits per heavy atom. The summed E-state index contributed by atoms with van der Waals surface area (Å²) in [6, 6.07) is 4.15. The van der Waals surface area contributed by atoms with Gasteiger partial charge in [-0.3, -0.25) is 11.3 Å². The number of nitrogens with one attached hydrogen (secondary N) is 1. The van der Waals surface area contributed by atoms with Crippen LogP contribution in [0.3, 0.4) is 0 Å². The second-order valence-corrected chi connectivity index (χ2v) is 7.16. The summed E-state index contributed by atoms with van der Waals surface area (Å²) in [5, 5.41) is 0. The summed E-state index contributed by atoms with van der Waals surface area (Å²) >= 11 is 0. The van der Waals surface area contributed by atoms with E-state index in [2.05, 4.69) is 5.43 Å². The average Bonchev–Trinajstić information content (AvgIpc) is 2.70. The van der Waals surface area contributed by atoms with E-state index in [1.54, 1.807) is 0 Å². The van der Waals surface area contributed by atoms with Crippen LogP contribution in [0.4, 0.5) is 13.2 Å². The highest BCUT2D eigenvalue weighted by Gasteiger charge is 2.35. The molecular formula is C12H15F3N2O2S. The fourth-order valence-corrected chi connectivity index (χ4v) is 4.31. The van der Waals surface area contributed by atoms with Crippen molar-refractivity contribution >= 4 is 9.84 Å². The molecule has 4 nitrogen and oxygen atoms in total. The van der Waals surface area contributed by atoms with Gasteiger partial charge in [0.2, 0.25) is 0 Å². The number of nitrogens with two attached hydrogens (primary N) is 1. The monoisotopic (exact) mass is 308 g/mol. The van der Waals surface area contributed by atoms with Crippen LogP contribution in [0, 0.1) is 5.92 Å². The first kappa shape index (κ1) is 15.3. The van der Waals surface area contributed by atoms with Crippen molar-refractivity contribution in [2.75, 3.05) is 11.5 Å². The number of alkyl halides is 3. The number of sulfone groups is 1. The first-order valence-corrected chi connectivity index (χ1v) is 7.89. The molecule has 8 heteroatoms. The molecule has 1 fully saturated rings. The van der Waals surface area contributed by atoms with Gasteiger partial charge in [0.25, 0.3) is 0 Å². The van der Waals surface area contributed by atoms with E-state index in [9.17, 15) is 21.6 Å². The summed E-state index contributed by atoms with van der Waals surface area (Å²) < 4.78 is 60.4. The van der Waals surface area contributed by atoms with Gasteiger partial charge >= 0.3 is 6.18 Å². The van der Waals surface area contributed by atoms with Crippen LogP contribution in [-0.4, -0.2) is 19.9 Å². The molecule has 0 bridgehead atoms. The summed E-state index contributed by atoms with van der Waals surface area (Å²) in [5.74, 6) is 5.31. The Morgan fingerprint density at radius 2 is 1.85 bits per heavy atom. The van der Waals surface area contributed by atoms with E-state index >= 15 is 0 Å². The molecule has 0 aromatic heterocycles. The maximum absolute atomic E-state index is 12.5. The Hall–Kier alpha value is -1.12. The average molecular weight is 308 g/mol. The number of hydrogen-bond acceptors (Lipinski definition) is 4. The highest BCUT2D eigenvalue weighted by Crippen LogP contribution is 2.33. The minimum absolute atomic E-state index is 0.00287. The standard InChI is InChI=1S/C12H15F3N2O2S/c13-12(14,15)10-3-1-8(2-4-10)11(17-16)9-5-6-20(18,19)7-9/h1-4,9,11,17H,5-7,16H2. The molecule has 1 aliphatic rings. The molecule has 20 heavy (non-hydrogen) atoms. The lowest BCUT2D eigenvalue weighted by Gasteiger charge is -2.22. The molecule has 2 rings (SSSR count). The first-order valence-electron chi connectivity index (χ1n) is 6.06. The van der Waals surface area contributed by atoms with Crippen LogP contribution in [0.5, 0.6) is 0 Å². The molecule has 0 saturated carbocycles. The summed E-state index contributed by atoms with van der Waals surface area (Å²) in [7, 11) is -3.07. The van der Waals surface area contributed by atoms with Gasteiger partial charge in [0.1, 0.15) is 0 Å². The van der Waals surface area contributed by atoms with Crippen LogP contribution in [0.25, 0.3) is 0 Å².